The van der Waals surface area contributed by atoms with Gasteiger partial charge in [0.15, 0.2) is 0 Å². The van der Waals surface area contributed by atoms with E-state index in [2.05, 4.69) is 223 Å². The summed E-state index contributed by atoms with van der Waals surface area (Å²) >= 11 is 0. The fourth-order valence-electron chi connectivity index (χ4n) is 11.9. The van der Waals surface area contributed by atoms with Gasteiger partial charge in [-0.2, -0.15) is 10.5 Å². The molecule has 0 spiro atoms. The van der Waals surface area contributed by atoms with Crippen molar-refractivity contribution in [2.45, 2.75) is 0 Å². The Morgan fingerprint density at radius 3 is 1.21 bits per heavy atom. The standard InChI is InChI=1S/C72H41N7.Pt/c73-42-44-38-45(43-74)40-50(39-44)63-68-55-30-14-12-28-53(55)64(75-68)61(47-21-4-1-5-22-47)66-57-32-16-18-34-59(57)70(77-66)72(79(51-26-8-3-9-27-51)52-37-36-46-20-10-11-25-49(46)41-52)71-60-35-19-17-33-58(60)67(78-71)62(48-23-6-2-7-24-48)65-54-29-13-15-31-56(54)69(63)76-65;/h1-41H;/q-2;+2. The molecule has 8 bridgehead atoms. The molecule has 15 rings (SSSR count). The van der Waals surface area contributed by atoms with Crippen LogP contribution >= 0.6 is 0 Å². The average Bonchev–Trinajstić information content (AvgIpc) is 4.16. The van der Waals surface area contributed by atoms with Gasteiger partial charge < -0.3 is 14.9 Å². The monoisotopic (exact) mass is 1200 g/mol. The van der Waals surface area contributed by atoms with Crippen LogP contribution in [0.1, 0.15) is 11.1 Å². The third-order valence-corrected chi connectivity index (χ3v) is 15.3. The third-order valence-electron chi connectivity index (χ3n) is 15.3. The molecule has 0 unspecified atom stereocenters. The van der Waals surface area contributed by atoms with Crippen molar-refractivity contribution in [2.75, 3.05) is 4.90 Å². The van der Waals surface area contributed by atoms with Crippen molar-refractivity contribution in [3.63, 3.8) is 0 Å². The van der Waals surface area contributed by atoms with E-state index in [1.807, 2.05) is 36.4 Å². The molecule has 374 valence electrons. The molecular formula is C72H41N7Pt. The topological polar surface area (TPSA) is 105 Å². The van der Waals surface area contributed by atoms with Crippen LogP contribution < -0.4 is 14.9 Å². The van der Waals surface area contributed by atoms with Crippen molar-refractivity contribution in [1.29, 1.82) is 10.5 Å². The third kappa shape index (κ3) is 7.67. The van der Waals surface area contributed by atoms with Crippen LogP contribution in [0.15, 0.2) is 249 Å². The maximum Gasteiger partial charge on any atom is 2.00 e. The predicted octanol–water partition coefficient (Wildman–Crippen LogP) is 17.9. The number of nitriles is 2. The summed E-state index contributed by atoms with van der Waals surface area (Å²) in [5.41, 5.74) is 17.8. The first-order valence-electron chi connectivity index (χ1n) is 26.2. The van der Waals surface area contributed by atoms with Crippen LogP contribution in [0.4, 0.5) is 17.1 Å². The summed E-state index contributed by atoms with van der Waals surface area (Å²) in [5.74, 6) is 0. The van der Waals surface area contributed by atoms with E-state index in [1.165, 1.54) is 0 Å². The van der Waals surface area contributed by atoms with E-state index in [1.54, 1.807) is 6.07 Å². The number of hydrogen-bond donors (Lipinski definition) is 0. The van der Waals surface area contributed by atoms with Crippen molar-refractivity contribution in [3.05, 3.63) is 260 Å². The van der Waals surface area contributed by atoms with E-state index in [0.29, 0.717) is 33.5 Å². The first-order valence-corrected chi connectivity index (χ1v) is 26.2. The van der Waals surface area contributed by atoms with E-state index in [0.717, 1.165) is 128 Å². The molecule has 10 aromatic carbocycles. The molecular weight excluding hydrogens is 1160 g/mol. The number of nitrogens with zero attached hydrogens (tertiary/aromatic N) is 7. The summed E-state index contributed by atoms with van der Waals surface area (Å²) < 4.78 is 0. The molecule has 0 N–H and O–H groups in total. The maximum absolute atomic E-state index is 10.6. The molecule has 3 aliphatic rings. The van der Waals surface area contributed by atoms with E-state index in [-0.39, 0.29) is 21.1 Å². The smallest absolute Gasteiger partial charge is 0.656 e. The fraction of sp³-hybridized carbons (Fsp3) is 0. The molecule has 4 heterocycles. The Bertz CT molecular complexity index is 4860. The van der Waals surface area contributed by atoms with Crippen LogP contribution in [0.2, 0.25) is 0 Å². The predicted molar refractivity (Wildman–Crippen MR) is 321 cm³/mol. The molecule has 0 saturated heterocycles. The number of anilines is 3. The van der Waals surface area contributed by atoms with Gasteiger partial charge in [0.25, 0.3) is 0 Å². The first-order chi connectivity index (χ1) is 39.1. The van der Waals surface area contributed by atoms with E-state index in [4.69, 9.17) is 19.9 Å². The number of hydrogen-bond acceptors (Lipinski definition) is 5. The van der Waals surface area contributed by atoms with Gasteiger partial charge in [0, 0.05) is 33.6 Å². The Balaban J connectivity index is 0.00000577. The summed E-state index contributed by atoms with van der Waals surface area (Å²) in [4.78, 5) is 26.2. The van der Waals surface area contributed by atoms with Gasteiger partial charge >= 0.3 is 21.1 Å². The van der Waals surface area contributed by atoms with Crippen molar-refractivity contribution in [1.82, 2.24) is 19.9 Å². The number of aromatic nitrogens is 4. The van der Waals surface area contributed by atoms with Gasteiger partial charge in [-0.15, -0.1) is 22.1 Å². The Morgan fingerprint density at radius 2 is 0.713 bits per heavy atom. The number of benzene rings is 10. The summed E-state index contributed by atoms with van der Waals surface area (Å²) in [6, 6.07) is 90.3. The van der Waals surface area contributed by atoms with Gasteiger partial charge in [0.1, 0.15) is 0 Å². The molecule has 0 amide bonds. The fourth-order valence-corrected chi connectivity index (χ4v) is 11.9. The van der Waals surface area contributed by atoms with Crippen LogP contribution in [0.5, 0.6) is 0 Å². The van der Waals surface area contributed by atoms with Crippen LogP contribution in [-0.2, 0) is 21.1 Å². The zero-order chi connectivity index (χ0) is 52.6. The summed E-state index contributed by atoms with van der Waals surface area (Å²) in [5, 5.41) is 27.1. The van der Waals surface area contributed by atoms with Crippen LogP contribution in [-0.4, -0.2) is 9.97 Å². The van der Waals surface area contributed by atoms with Gasteiger partial charge in [-0.1, -0.05) is 206 Å². The molecule has 7 nitrogen and oxygen atoms in total. The average molecular weight is 1200 g/mol. The minimum Gasteiger partial charge on any atom is -0.656 e. The Morgan fingerprint density at radius 1 is 0.325 bits per heavy atom. The second kappa shape index (κ2) is 19.5. The van der Waals surface area contributed by atoms with Crippen LogP contribution in [0, 0.1) is 22.7 Å². The van der Waals surface area contributed by atoms with Gasteiger partial charge in [0.05, 0.1) is 51.7 Å². The maximum atomic E-state index is 10.6. The summed E-state index contributed by atoms with van der Waals surface area (Å²) in [6.07, 6.45) is 0. The van der Waals surface area contributed by atoms with Crippen LogP contribution in [0.25, 0.3) is 133 Å². The zero-order valence-electron chi connectivity index (χ0n) is 42.6. The van der Waals surface area contributed by atoms with Gasteiger partial charge in [0.2, 0.25) is 0 Å². The SMILES string of the molecule is N#Cc1cc(C#N)cc(-c2c3nc(c(-c4ccccc4)c4[n-]c(c(N(c5ccccc5)c5ccc6ccccc6c5)c5nc(c(-c6ccccc6)c6[n-]c2c2ccccc62)-c2ccccc2-5)c2ccccc42)-c2ccccc2-3)c1.[Pt+2]. The minimum absolute atomic E-state index is 0. The molecule has 2 aliphatic heterocycles. The number of rotatable bonds is 6. The Hall–Kier alpha value is -10.4. The second-order valence-corrected chi connectivity index (χ2v) is 19.8. The van der Waals surface area contributed by atoms with Gasteiger partial charge in [-0.05, 0) is 108 Å². The molecule has 8 heteroatoms. The van der Waals surface area contributed by atoms with Crippen molar-refractivity contribution in [3.8, 4) is 90.5 Å². The molecule has 0 fully saturated rings. The molecule has 2 aromatic heterocycles. The van der Waals surface area contributed by atoms with Crippen molar-refractivity contribution in [2.24, 2.45) is 0 Å². The molecule has 80 heavy (non-hydrogen) atoms. The van der Waals surface area contributed by atoms with E-state index < -0.39 is 0 Å². The van der Waals surface area contributed by atoms with Crippen molar-refractivity contribution < 1.29 is 21.1 Å². The molecule has 0 radical (unpaired) electrons. The molecule has 1 aliphatic carbocycles. The minimum atomic E-state index is 0. The summed E-state index contributed by atoms with van der Waals surface area (Å²) in [7, 11) is 0. The Labute approximate surface area is 475 Å². The van der Waals surface area contributed by atoms with Crippen molar-refractivity contribution >= 4 is 71.4 Å². The van der Waals surface area contributed by atoms with Gasteiger partial charge in [-0.3, -0.25) is 0 Å². The normalized spacial score (nSPS) is 11.4. The molecule has 0 atom stereocenters. The Kier molecular flexibility index (Phi) is 11.7. The van der Waals surface area contributed by atoms with Crippen LogP contribution in [0.3, 0.4) is 0 Å². The first kappa shape index (κ1) is 48.0. The second-order valence-electron chi connectivity index (χ2n) is 19.8. The van der Waals surface area contributed by atoms with E-state index >= 15 is 0 Å². The quantitative estimate of drug-likeness (QED) is 0.163. The van der Waals surface area contributed by atoms with E-state index in [9.17, 15) is 10.5 Å². The molecule has 0 saturated carbocycles. The zero-order valence-corrected chi connectivity index (χ0v) is 44.9. The number of para-hydroxylation sites is 1. The largest absolute Gasteiger partial charge is 2.00 e. The van der Waals surface area contributed by atoms with Gasteiger partial charge in [-0.25, -0.2) is 9.97 Å². The number of fused-ring (bicyclic) bond motifs is 1. The molecule has 12 aromatic rings. The summed E-state index contributed by atoms with van der Waals surface area (Å²) in [6.45, 7) is 0.